The minimum absolute atomic E-state index is 0.00756. The molecular formula is C15H17N3O4. The third kappa shape index (κ3) is 5.25. The van der Waals surface area contributed by atoms with E-state index in [0.717, 1.165) is 0 Å². The van der Waals surface area contributed by atoms with Gasteiger partial charge in [-0.25, -0.2) is 4.79 Å². The molecule has 2 atom stereocenters. The molecule has 0 aliphatic heterocycles. The van der Waals surface area contributed by atoms with Gasteiger partial charge >= 0.3 is 5.97 Å². The SMILES string of the molecule is C[C@@H](CC#N)[C@H](NC(=O)CNC(=O)c1ccccc1)C(=O)O. The number of carboxylic acids is 1. The summed E-state index contributed by atoms with van der Waals surface area (Å²) in [6.07, 6.45) is 0.00756. The molecule has 7 nitrogen and oxygen atoms in total. The van der Waals surface area contributed by atoms with Crippen molar-refractivity contribution in [2.75, 3.05) is 6.54 Å². The average molecular weight is 303 g/mol. The molecule has 0 bridgehead atoms. The molecule has 0 spiro atoms. The quantitative estimate of drug-likeness (QED) is 0.679. The summed E-state index contributed by atoms with van der Waals surface area (Å²) in [6, 6.07) is 9.04. The smallest absolute Gasteiger partial charge is 0.326 e. The van der Waals surface area contributed by atoms with Crippen LogP contribution in [0.3, 0.4) is 0 Å². The number of hydrogen-bond acceptors (Lipinski definition) is 4. The number of amides is 2. The number of carbonyl (C=O) groups excluding carboxylic acids is 2. The first-order valence-electron chi connectivity index (χ1n) is 6.68. The molecule has 0 aliphatic carbocycles. The third-order valence-electron chi connectivity index (χ3n) is 3.01. The molecule has 1 aromatic carbocycles. The zero-order chi connectivity index (χ0) is 16.5. The number of benzene rings is 1. The second-order valence-electron chi connectivity index (χ2n) is 4.77. The Morgan fingerprint density at radius 3 is 2.45 bits per heavy atom. The van der Waals surface area contributed by atoms with Crippen LogP contribution in [-0.4, -0.2) is 35.5 Å². The van der Waals surface area contributed by atoms with Crippen LogP contribution in [-0.2, 0) is 9.59 Å². The highest BCUT2D eigenvalue weighted by Crippen LogP contribution is 2.07. The number of carbonyl (C=O) groups is 3. The van der Waals surface area contributed by atoms with Crippen LogP contribution >= 0.6 is 0 Å². The monoisotopic (exact) mass is 303 g/mol. The number of rotatable bonds is 7. The Morgan fingerprint density at radius 2 is 1.91 bits per heavy atom. The predicted octanol–water partition coefficient (Wildman–Crippen LogP) is 0.536. The van der Waals surface area contributed by atoms with E-state index >= 15 is 0 Å². The minimum Gasteiger partial charge on any atom is -0.480 e. The van der Waals surface area contributed by atoms with Gasteiger partial charge in [-0.3, -0.25) is 9.59 Å². The summed E-state index contributed by atoms with van der Waals surface area (Å²) in [5, 5.41) is 22.4. The molecule has 7 heteroatoms. The Morgan fingerprint density at radius 1 is 1.27 bits per heavy atom. The molecular weight excluding hydrogens is 286 g/mol. The molecule has 0 aliphatic rings. The van der Waals surface area contributed by atoms with Crippen LogP contribution in [0.4, 0.5) is 0 Å². The molecule has 22 heavy (non-hydrogen) atoms. The first-order valence-corrected chi connectivity index (χ1v) is 6.68. The molecule has 0 saturated carbocycles. The molecule has 0 radical (unpaired) electrons. The van der Waals surface area contributed by atoms with E-state index < -0.39 is 29.7 Å². The Balaban J connectivity index is 2.53. The molecule has 0 unspecified atom stereocenters. The summed E-state index contributed by atoms with van der Waals surface area (Å²) < 4.78 is 0. The molecule has 0 fully saturated rings. The summed E-state index contributed by atoms with van der Waals surface area (Å²) in [5.74, 6) is -2.80. The topological polar surface area (TPSA) is 119 Å². The number of nitriles is 1. The molecule has 1 aromatic rings. The fourth-order valence-electron chi connectivity index (χ4n) is 1.79. The van der Waals surface area contributed by atoms with Crippen LogP contribution in [0.5, 0.6) is 0 Å². The van der Waals surface area contributed by atoms with E-state index in [0.29, 0.717) is 5.56 Å². The van der Waals surface area contributed by atoms with Gasteiger partial charge in [-0.15, -0.1) is 0 Å². The summed E-state index contributed by atoms with van der Waals surface area (Å²) in [5.41, 5.74) is 0.405. The fraction of sp³-hybridized carbons (Fsp3) is 0.333. The van der Waals surface area contributed by atoms with Crippen molar-refractivity contribution in [3.05, 3.63) is 35.9 Å². The summed E-state index contributed by atoms with van der Waals surface area (Å²) in [4.78, 5) is 34.6. The summed E-state index contributed by atoms with van der Waals surface area (Å²) >= 11 is 0. The van der Waals surface area contributed by atoms with Gasteiger partial charge in [-0.05, 0) is 12.1 Å². The van der Waals surface area contributed by atoms with E-state index in [9.17, 15) is 14.4 Å². The molecule has 0 heterocycles. The lowest BCUT2D eigenvalue weighted by Crippen LogP contribution is -2.48. The third-order valence-corrected chi connectivity index (χ3v) is 3.01. The van der Waals surface area contributed by atoms with Crippen molar-refractivity contribution in [2.45, 2.75) is 19.4 Å². The van der Waals surface area contributed by atoms with E-state index in [1.807, 2.05) is 6.07 Å². The van der Waals surface area contributed by atoms with Crippen molar-refractivity contribution < 1.29 is 19.5 Å². The maximum atomic E-state index is 11.8. The van der Waals surface area contributed by atoms with Crippen LogP contribution in [0.2, 0.25) is 0 Å². The number of carboxylic acid groups (broad SMARTS) is 1. The molecule has 3 N–H and O–H groups in total. The van der Waals surface area contributed by atoms with Crippen LogP contribution in [0.15, 0.2) is 30.3 Å². The van der Waals surface area contributed by atoms with Crippen LogP contribution < -0.4 is 10.6 Å². The largest absolute Gasteiger partial charge is 0.480 e. The number of aliphatic carboxylic acids is 1. The highest BCUT2D eigenvalue weighted by Gasteiger charge is 2.26. The van der Waals surface area contributed by atoms with Crippen molar-refractivity contribution in [1.82, 2.24) is 10.6 Å². The van der Waals surface area contributed by atoms with Crippen molar-refractivity contribution in [3.8, 4) is 6.07 Å². The van der Waals surface area contributed by atoms with Gasteiger partial charge in [0.25, 0.3) is 5.91 Å². The zero-order valence-corrected chi connectivity index (χ0v) is 12.1. The predicted molar refractivity (Wildman–Crippen MR) is 77.7 cm³/mol. The Hall–Kier alpha value is -2.88. The van der Waals surface area contributed by atoms with Crippen molar-refractivity contribution >= 4 is 17.8 Å². The van der Waals surface area contributed by atoms with E-state index in [4.69, 9.17) is 10.4 Å². The van der Waals surface area contributed by atoms with Gasteiger partial charge in [0.1, 0.15) is 6.04 Å². The van der Waals surface area contributed by atoms with Crippen molar-refractivity contribution in [3.63, 3.8) is 0 Å². The van der Waals surface area contributed by atoms with Gasteiger partial charge < -0.3 is 15.7 Å². The van der Waals surface area contributed by atoms with E-state index in [-0.39, 0.29) is 13.0 Å². The second-order valence-corrected chi connectivity index (χ2v) is 4.77. The first kappa shape index (κ1) is 17.2. The molecule has 116 valence electrons. The van der Waals surface area contributed by atoms with Crippen LogP contribution in [0, 0.1) is 17.2 Å². The van der Waals surface area contributed by atoms with Gasteiger partial charge in [-0.1, -0.05) is 25.1 Å². The Labute approximate surface area is 127 Å². The highest BCUT2D eigenvalue weighted by atomic mass is 16.4. The maximum absolute atomic E-state index is 11.8. The van der Waals surface area contributed by atoms with Gasteiger partial charge in [0.05, 0.1) is 12.6 Å². The zero-order valence-electron chi connectivity index (χ0n) is 12.1. The molecule has 1 rings (SSSR count). The van der Waals surface area contributed by atoms with E-state index in [1.54, 1.807) is 37.3 Å². The summed E-state index contributed by atoms with van der Waals surface area (Å²) in [7, 11) is 0. The van der Waals surface area contributed by atoms with E-state index in [2.05, 4.69) is 10.6 Å². The molecule has 2 amide bonds. The standard InChI is InChI=1S/C15H17N3O4/c1-10(7-8-16)13(15(21)22)18-12(19)9-17-14(20)11-5-3-2-4-6-11/h2-6,10,13H,7,9H2,1H3,(H,17,20)(H,18,19)(H,21,22)/t10-,13-/m0/s1. The number of hydrogen-bond donors (Lipinski definition) is 3. The maximum Gasteiger partial charge on any atom is 0.326 e. The number of nitrogens with one attached hydrogen (secondary N) is 2. The molecule has 0 aromatic heterocycles. The van der Waals surface area contributed by atoms with E-state index in [1.165, 1.54) is 0 Å². The second kappa shape index (κ2) is 8.42. The van der Waals surface area contributed by atoms with Gasteiger partial charge in [0.2, 0.25) is 5.91 Å². The van der Waals surface area contributed by atoms with Gasteiger partial charge in [0.15, 0.2) is 0 Å². The minimum atomic E-state index is -1.22. The first-order chi connectivity index (χ1) is 10.5. The normalized spacial score (nSPS) is 12.5. The fourth-order valence-corrected chi connectivity index (χ4v) is 1.79. The Kier molecular flexibility index (Phi) is 6.57. The van der Waals surface area contributed by atoms with Crippen molar-refractivity contribution in [2.24, 2.45) is 5.92 Å². The molecule has 0 saturated heterocycles. The highest BCUT2D eigenvalue weighted by molar-refractivity contribution is 5.96. The van der Waals surface area contributed by atoms with Crippen LogP contribution in [0.1, 0.15) is 23.7 Å². The van der Waals surface area contributed by atoms with Gasteiger partial charge in [0, 0.05) is 17.9 Å². The summed E-state index contributed by atoms with van der Waals surface area (Å²) in [6.45, 7) is 1.22. The lowest BCUT2D eigenvalue weighted by atomic mass is 9.99. The van der Waals surface area contributed by atoms with Crippen molar-refractivity contribution in [1.29, 1.82) is 5.26 Å². The Bertz CT molecular complexity index is 580. The lowest BCUT2D eigenvalue weighted by molar-refractivity contribution is -0.143. The number of nitrogens with zero attached hydrogens (tertiary/aromatic N) is 1. The van der Waals surface area contributed by atoms with Gasteiger partial charge in [-0.2, -0.15) is 5.26 Å². The van der Waals surface area contributed by atoms with Crippen LogP contribution in [0.25, 0.3) is 0 Å². The average Bonchev–Trinajstić information content (AvgIpc) is 2.51. The lowest BCUT2D eigenvalue weighted by Gasteiger charge is -2.19.